The molecule has 1 fully saturated rings. The fourth-order valence-electron chi connectivity index (χ4n) is 2.30. The Morgan fingerprint density at radius 1 is 1.44 bits per heavy atom. The molecule has 1 aliphatic rings. The third kappa shape index (κ3) is 4.13. The summed E-state index contributed by atoms with van der Waals surface area (Å²) >= 11 is 0. The van der Waals surface area contributed by atoms with Crippen molar-refractivity contribution < 1.29 is 13.6 Å². The Bertz CT molecular complexity index is 375. The SMILES string of the molecule is CCCC(NS(=O)(=O)C1CCCCC1)/C(N)=N/O. The molecule has 1 rings (SSSR count). The van der Waals surface area contributed by atoms with Crippen molar-refractivity contribution in [1.29, 1.82) is 0 Å². The molecule has 0 aromatic rings. The van der Waals surface area contributed by atoms with Gasteiger partial charge in [0, 0.05) is 0 Å². The van der Waals surface area contributed by atoms with Crippen molar-refractivity contribution in [3.8, 4) is 0 Å². The highest BCUT2D eigenvalue weighted by Gasteiger charge is 2.30. The normalized spacial score (nSPS) is 20.8. The van der Waals surface area contributed by atoms with Gasteiger partial charge in [0.25, 0.3) is 0 Å². The highest BCUT2D eigenvalue weighted by Crippen LogP contribution is 2.23. The second kappa shape index (κ2) is 6.94. The minimum atomic E-state index is -3.38. The standard InChI is InChI=1S/C11H23N3O3S/c1-2-6-10(11(12)13-15)14-18(16,17)9-7-4-3-5-8-9/h9-10,14-15H,2-8H2,1H3,(H2,12,13). The van der Waals surface area contributed by atoms with E-state index < -0.39 is 16.1 Å². The average molecular weight is 277 g/mol. The fraction of sp³-hybridized carbons (Fsp3) is 0.909. The number of oxime groups is 1. The third-order valence-electron chi connectivity index (χ3n) is 3.35. The van der Waals surface area contributed by atoms with Crippen molar-refractivity contribution in [3.63, 3.8) is 0 Å². The van der Waals surface area contributed by atoms with Crippen molar-refractivity contribution in [3.05, 3.63) is 0 Å². The Morgan fingerprint density at radius 3 is 2.56 bits per heavy atom. The van der Waals surface area contributed by atoms with E-state index in [1.54, 1.807) is 0 Å². The van der Waals surface area contributed by atoms with E-state index >= 15 is 0 Å². The zero-order valence-electron chi connectivity index (χ0n) is 10.8. The van der Waals surface area contributed by atoms with Gasteiger partial charge < -0.3 is 10.9 Å². The molecule has 18 heavy (non-hydrogen) atoms. The maximum Gasteiger partial charge on any atom is 0.215 e. The number of sulfonamides is 1. The molecule has 0 aromatic carbocycles. The monoisotopic (exact) mass is 277 g/mol. The van der Waals surface area contributed by atoms with Gasteiger partial charge in [-0.15, -0.1) is 0 Å². The van der Waals surface area contributed by atoms with E-state index in [0.717, 1.165) is 25.7 Å². The molecule has 0 radical (unpaired) electrons. The zero-order valence-corrected chi connectivity index (χ0v) is 11.6. The van der Waals surface area contributed by atoms with E-state index in [9.17, 15) is 8.42 Å². The van der Waals surface area contributed by atoms with Gasteiger partial charge in [-0.2, -0.15) is 0 Å². The average Bonchev–Trinajstić information content (AvgIpc) is 2.38. The molecule has 0 saturated heterocycles. The summed E-state index contributed by atoms with van der Waals surface area (Å²) in [7, 11) is -3.38. The predicted octanol–water partition coefficient (Wildman–Crippen LogP) is 1.15. The lowest BCUT2D eigenvalue weighted by Crippen LogP contribution is -2.48. The molecule has 0 aromatic heterocycles. The van der Waals surface area contributed by atoms with Gasteiger partial charge in [-0.3, -0.25) is 0 Å². The molecule has 1 aliphatic carbocycles. The molecule has 0 bridgehead atoms. The number of nitrogens with one attached hydrogen (secondary N) is 1. The highest BCUT2D eigenvalue weighted by molar-refractivity contribution is 7.90. The Kier molecular flexibility index (Phi) is 5.87. The molecule has 0 amide bonds. The molecule has 6 nitrogen and oxygen atoms in total. The largest absolute Gasteiger partial charge is 0.409 e. The summed E-state index contributed by atoms with van der Waals surface area (Å²) < 4.78 is 26.9. The number of hydrogen-bond acceptors (Lipinski definition) is 4. The lowest BCUT2D eigenvalue weighted by atomic mass is 10.0. The van der Waals surface area contributed by atoms with Crippen LogP contribution in [0.15, 0.2) is 5.16 Å². The van der Waals surface area contributed by atoms with Gasteiger partial charge in [-0.05, 0) is 19.3 Å². The van der Waals surface area contributed by atoms with Crippen LogP contribution in [0.3, 0.4) is 0 Å². The van der Waals surface area contributed by atoms with Crippen LogP contribution < -0.4 is 10.5 Å². The van der Waals surface area contributed by atoms with Gasteiger partial charge in [0.05, 0.1) is 11.3 Å². The maximum absolute atomic E-state index is 12.2. The Balaban J connectivity index is 2.71. The highest BCUT2D eigenvalue weighted by atomic mass is 32.2. The number of rotatable bonds is 6. The summed E-state index contributed by atoms with van der Waals surface area (Å²) in [5, 5.41) is 11.2. The molecule has 1 unspecified atom stereocenters. The first-order chi connectivity index (χ1) is 8.51. The Morgan fingerprint density at radius 2 is 2.06 bits per heavy atom. The van der Waals surface area contributed by atoms with E-state index in [-0.39, 0.29) is 11.1 Å². The fourth-order valence-corrected chi connectivity index (χ4v) is 4.08. The van der Waals surface area contributed by atoms with Crippen molar-refractivity contribution in [1.82, 2.24) is 4.72 Å². The summed E-state index contributed by atoms with van der Waals surface area (Å²) in [6.45, 7) is 1.92. The molecular weight excluding hydrogens is 254 g/mol. The van der Waals surface area contributed by atoms with Crippen LogP contribution in [0.1, 0.15) is 51.9 Å². The second-order valence-electron chi connectivity index (χ2n) is 4.79. The Hall–Kier alpha value is -0.820. The molecule has 0 aliphatic heterocycles. The topological polar surface area (TPSA) is 105 Å². The van der Waals surface area contributed by atoms with Gasteiger partial charge in [0.15, 0.2) is 5.84 Å². The Labute approximate surface area is 109 Å². The molecule has 1 saturated carbocycles. The molecule has 0 spiro atoms. The van der Waals surface area contributed by atoms with Gasteiger partial charge in [0.1, 0.15) is 0 Å². The first-order valence-corrected chi connectivity index (χ1v) is 8.04. The van der Waals surface area contributed by atoms with Crippen LogP contribution >= 0.6 is 0 Å². The molecule has 7 heteroatoms. The minimum absolute atomic E-state index is 0.0729. The lowest BCUT2D eigenvalue weighted by molar-refractivity contribution is 0.315. The first-order valence-electron chi connectivity index (χ1n) is 6.49. The van der Waals surface area contributed by atoms with Gasteiger partial charge >= 0.3 is 0 Å². The van der Waals surface area contributed by atoms with Gasteiger partial charge in [-0.1, -0.05) is 37.8 Å². The number of nitrogens with zero attached hydrogens (tertiary/aromatic N) is 1. The summed E-state index contributed by atoms with van der Waals surface area (Å²) in [4.78, 5) is 0. The third-order valence-corrected chi connectivity index (χ3v) is 5.31. The van der Waals surface area contributed by atoms with Crippen molar-refractivity contribution >= 4 is 15.9 Å². The van der Waals surface area contributed by atoms with Crippen LogP contribution in [0.4, 0.5) is 0 Å². The molecule has 1 atom stereocenters. The summed E-state index contributed by atoms with van der Waals surface area (Å²) in [5.41, 5.74) is 5.51. The summed E-state index contributed by atoms with van der Waals surface area (Å²) in [6, 6.07) is -0.605. The minimum Gasteiger partial charge on any atom is -0.409 e. The van der Waals surface area contributed by atoms with Crippen LogP contribution in [-0.4, -0.2) is 30.8 Å². The predicted molar refractivity (Wildman–Crippen MR) is 71.0 cm³/mol. The van der Waals surface area contributed by atoms with Gasteiger partial charge in [0.2, 0.25) is 10.0 Å². The van der Waals surface area contributed by atoms with Crippen molar-refractivity contribution in [2.75, 3.05) is 0 Å². The van der Waals surface area contributed by atoms with E-state index in [1.165, 1.54) is 0 Å². The second-order valence-corrected chi connectivity index (χ2v) is 6.78. The van der Waals surface area contributed by atoms with E-state index in [1.807, 2.05) is 6.92 Å². The van der Waals surface area contributed by atoms with Crippen LogP contribution in [0.2, 0.25) is 0 Å². The molecular formula is C11H23N3O3S. The number of hydrogen-bond donors (Lipinski definition) is 3. The van der Waals surface area contributed by atoms with Crippen LogP contribution in [0.5, 0.6) is 0 Å². The van der Waals surface area contributed by atoms with Crippen LogP contribution in [-0.2, 0) is 10.0 Å². The number of nitrogens with two attached hydrogens (primary N) is 1. The smallest absolute Gasteiger partial charge is 0.215 e. The summed E-state index contributed by atoms with van der Waals surface area (Å²) in [5.74, 6) is -0.0729. The zero-order chi connectivity index (χ0) is 13.6. The van der Waals surface area contributed by atoms with Crippen LogP contribution in [0, 0.1) is 0 Å². The van der Waals surface area contributed by atoms with Crippen molar-refractivity contribution in [2.24, 2.45) is 10.9 Å². The molecule has 106 valence electrons. The van der Waals surface area contributed by atoms with Crippen molar-refractivity contribution in [2.45, 2.75) is 63.2 Å². The number of amidine groups is 1. The van der Waals surface area contributed by atoms with Gasteiger partial charge in [-0.25, -0.2) is 13.1 Å². The van der Waals surface area contributed by atoms with E-state index in [2.05, 4.69) is 9.88 Å². The quantitative estimate of drug-likeness (QED) is 0.293. The van der Waals surface area contributed by atoms with Crippen LogP contribution in [0.25, 0.3) is 0 Å². The lowest BCUT2D eigenvalue weighted by Gasteiger charge is -2.25. The van der Waals surface area contributed by atoms with E-state index in [0.29, 0.717) is 19.3 Å². The van der Waals surface area contributed by atoms with E-state index in [4.69, 9.17) is 10.9 Å². The molecule has 4 N–H and O–H groups in total. The summed E-state index contributed by atoms with van der Waals surface area (Å²) in [6.07, 6.45) is 5.69. The molecule has 0 heterocycles. The first kappa shape index (κ1) is 15.2. The maximum atomic E-state index is 12.2.